The standard InChI is InChI=1S/C28H28N2O7S/c1-4-37-28(32)20-10-12-23(13-11-20)38(33,34)30(17-19-8-6-5-7-9-19)18-22-14-21-15-25(35-2)26(36-3)16-24(21)29-27(22)31/h5-16H,4,17-18H2,1-3H3,(H,29,31). The molecule has 10 heteroatoms. The van der Waals surface area contributed by atoms with Crippen molar-refractivity contribution >= 4 is 26.9 Å². The normalized spacial score (nSPS) is 11.5. The summed E-state index contributed by atoms with van der Waals surface area (Å²) in [6, 6.07) is 19.7. The van der Waals surface area contributed by atoms with Gasteiger partial charge in [-0.15, -0.1) is 0 Å². The smallest absolute Gasteiger partial charge is 0.338 e. The Balaban J connectivity index is 1.74. The zero-order valence-electron chi connectivity index (χ0n) is 21.3. The van der Waals surface area contributed by atoms with Crippen LogP contribution in [0.2, 0.25) is 0 Å². The molecule has 4 rings (SSSR count). The number of hydrogen-bond donors (Lipinski definition) is 1. The number of H-pyrrole nitrogens is 1. The lowest BCUT2D eigenvalue weighted by Gasteiger charge is -2.22. The van der Waals surface area contributed by atoms with Gasteiger partial charge in [0.25, 0.3) is 5.56 Å². The Bertz CT molecular complexity index is 1600. The highest BCUT2D eigenvalue weighted by Crippen LogP contribution is 2.31. The van der Waals surface area contributed by atoms with E-state index in [1.165, 1.54) is 42.8 Å². The minimum Gasteiger partial charge on any atom is -0.493 e. The molecule has 0 saturated heterocycles. The van der Waals surface area contributed by atoms with Crippen molar-refractivity contribution in [1.82, 2.24) is 9.29 Å². The second-order valence-corrected chi connectivity index (χ2v) is 10.4. The number of nitrogens with zero attached hydrogens (tertiary/aromatic N) is 1. The van der Waals surface area contributed by atoms with Gasteiger partial charge >= 0.3 is 5.97 Å². The summed E-state index contributed by atoms with van der Waals surface area (Å²) in [5.74, 6) is 0.406. The Morgan fingerprint density at radius 3 is 2.18 bits per heavy atom. The minimum absolute atomic E-state index is 0.00916. The molecule has 0 amide bonds. The maximum absolute atomic E-state index is 13.8. The molecule has 0 radical (unpaired) electrons. The predicted octanol–water partition coefficient (Wildman–Crippen LogP) is 4.11. The van der Waals surface area contributed by atoms with E-state index in [4.69, 9.17) is 14.2 Å². The van der Waals surface area contributed by atoms with Gasteiger partial charge in [0.05, 0.1) is 36.8 Å². The van der Waals surface area contributed by atoms with Crippen molar-refractivity contribution in [2.75, 3.05) is 20.8 Å². The highest BCUT2D eigenvalue weighted by Gasteiger charge is 2.26. The molecule has 38 heavy (non-hydrogen) atoms. The van der Waals surface area contributed by atoms with E-state index in [0.29, 0.717) is 22.4 Å². The van der Waals surface area contributed by atoms with Gasteiger partial charge < -0.3 is 19.2 Å². The summed E-state index contributed by atoms with van der Waals surface area (Å²) in [6.45, 7) is 1.75. The van der Waals surface area contributed by atoms with Crippen molar-refractivity contribution < 1.29 is 27.4 Å². The van der Waals surface area contributed by atoms with E-state index in [0.717, 1.165) is 5.56 Å². The largest absolute Gasteiger partial charge is 0.493 e. The van der Waals surface area contributed by atoms with Crippen LogP contribution in [0.3, 0.4) is 0 Å². The number of aromatic amines is 1. The number of rotatable bonds is 10. The van der Waals surface area contributed by atoms with Crippen molar-refractivity contribution in [3.8, 4) is 11.5 Å². The molecule has 0 aliphatic heterocycles. The molecule has 3 aromatic carbocycles. The number of aromatic nitrogens is 1. The van der Waals surface area contributed by atoms with Crippen molar-refractivity contribution in [3.63, 3.8) is 0 Å². The molecule has 0 aliphatic carbocycles. The second kappa shape index (κ2) is 11.5. The van der Waals surface area contributed by atoms with Crippen molar-refractivity contribution in [2.45, 2.75) is 24.9 Å². The van der Waals surface area contributed by atoms with Gasteiger partial charge in [0, 0.05) is 30.1 Å². The first-order valence-electron chi connectivity index (χ1n) is 11.9. The van der Waals surface area contributed by atoms with E-state index < -0.39 is 21.6 Å². The van der Waals surface area contributed by atoms with Gasteiger partial charge in [-0.05, 0) is 48.9 Å². The number of carbonyl (C=O) groups excluding carboxylic acids is 1. The molecule has 0 spiro atoms. The third-order valence-corrected chi connectivity index (χ3v) is 7.78. The van der Waals surface area contributed by atoms with Crippen LogP contribution < -0.4 is 15.0 Å². The summed E-state index contributed by atoms with van der Waals surface area (Å²) in [7, 11) is -1.05. The molecule has 1 N–H and O–H groups in total. The van der Waals surface area contributed by atoms with Gasteiger partial charge in [-0.25, -0.2) is 13.2 Å². The third kappa shape index (κ3) is 5.71. The quantitative estimate of drug-likeness (QED) is 0.303. The number of carbonyl (C=O) groups is 1. The topological polar surface area (TPSA) is 115 Å². The first-order valence-corrected chi connectivity index (χ1v) is 13.3. The van der Waals surface area contributed by atoms with Crippen LogP contribution in [0.5, 0.6) is 11.5 Å². The molecule has 0 saturated carbocycles. The number of pyridine rings is 1. The maximum Gasteiger partial charge on any atom is 0.338 e. The van der Waals surface area contributed by atoms with E-state index in [-0.39, 0.29) is 35.7 Å². The fourth-order valence-electron chi connectivity index (χ4n) is 4.03. The lowest BCUT2D eigenvalue weighted by Crippen LogP contribution is -2.32. The zero-order valence-corrected chi connectivity index (χ0v) is 22.1. The molecule has 198 valence electrons. The van der Waals surface area contributed by atoms with Gasteiger partial charge in [-0.3, -0.25) is 4.79 Å². The fourth-order valence-corrected chi connectivity index (χ4v) is 5.43. The summed E-state index contributed by atoms with van der Waals surface area (Å²) < 4.78 is 44.4. The van der Waals surface area contributed by atoms with E-state index in [9.17, 15) is 18.0 Å². The van der Waals surface area contributed by atoms with Gasteiger partial charge in [0.2, 0.25) is 10.0 Å². The van der Waals surface area contributed by atoms with Crippen LogP contribution in [-0.2, 0) is 27.8 Å². The van der Waals surface area contributed by atoms with Crippen LogP contribution in [-0.4, -0.2) is 44.5 Å². The van der Waals surface area contributed by atoms with Crippen LogP contribution in [0, 0.1) is 0 Å². The summed E-state index contributed by atoms with van der Waals surface area (Å²) >= 11 is 0. The number of ether oxygens (including phenoxy) is 3. The number of benzene rings is 3. The van der Waals surface area contributed by atoms with Crippen molar-refractivity contribution in [1.29, 1.82) is 0 Å². The average Bonchev–Trinajstić information content (AvgIpc) is 2.93. The lowest BCUT2D eigenvalue weighted by molar-refractivity contribution is 0.0526. The van der Waals surface area contributed by atoms with Crippen LogP contribution in [0.4, 0.5) is 0 Å². The first kappa shape index (κ1) is 26.9. The van der Waals surface area contributed by atoms with Gasteiger partial charge in [-0.2, -0.15) is 4.31 Å². The zero-order chi connectivity index (χ0) is 27.3. The maximum atomic E-state index is 13.8. The van der Waals surface area contributed by atoms with Crippen LogP contribution in [0.15, 0.2) is 82.5 Å². The first-order chi connectivity index (χ1) is 18.3. The van der Waals surface area contributed by atoms with Gasteiger partial charge in [-0.1, -0.05) is 30.3 Å². The summed E-state index contributed by atoms with van der Waals surface area (Å²) in [4.78, 5) is 27.8. The Kier molecular flexibility index (Phi) is 8.13. The number of nitrogens with one attached hydrogen (secondary N) is 1. The van der Waals surface area contributed by atoms with Crippen molar-refractivity contribution in [2.24, 2.45) is 0 Å². The number of fused-ring (bicyclic) bond motifs is 1. The Morgan fingerprint density at radius 2 is 1.55 bits per heavy atom. The van der Waals surface area contributed by atoms with Crippen LogP contribution >= 0.6 is 0 Å². The molecule has 0 atom stereocenters. The molecular weight excluding hydrogens is 508 g/mol. The third-order valence-electron chi connectivity index (χ3n) is 5.98. The van der Waals surface area contributed by atoms with Crippen LogP contribution in [0.25, 0.3) is 10.9 Å². The highest BCUT2D eigenvalue weighted by molar-refractivity contribution is 7.89. The average molecular weight is 537 g/mol. The highest BCUT2D eigenvalue weighted by atomic mass is 32.2. The SMILES string of the molecule is CCOC(=O)c1ccc(S(=O)(=O)N(Cc2ccccc2)Cc2cc3cc(OC)c(OC)cc3[nH]c2=O)cc1. The molecular formula is C28H28N2O7S. The van der Waals surface area contributed by atoms with E-state index in [2.05, 4.69) is 4.98 Å². The van der Waals surface area contributed by atoms with Crippen LogP contribution in [0.1, 0.15) is 28.4 Å². The molecule has 0 bridgehead atoms. The molecule has 4 aromatic rings. The predicted molar refractivity (Wildman–Crippen MR) is 143 cm³/mol. The second-order valence-electron chi connectivity index (χ2n) is 8.42. The fraction of sp³-hybridized carbons (Fsp3) is 0.214. The minimum atomic E-state index is -4.06. The van der Waals surface area contributed by atoms with E-state index in [1.807, 2.05) is 30.3 Å². The molecule has 1 aromatic heterocycles. The Labute approximate surface area is 220 Å². The molecule has 0 aliphatic rings. The summed E-state index contributed by atoms with van der Waals surface area (Å²) in [5, 5.41) is 0.660. The molecule has 1 heterocycles. The summed E-state index contributed by atoms with van der Waals surface area (Å²) in [5.41, 5.74) is 1.37. The van der Waals surface area contributed by atoms with E-state index >= 15 is 0 Å². The molecule has 0 fully saturated rings. The molecule has 9 nitrogen and oxygen atoms in total. The van der Waals surface area contributed by atoms with Crippen molar-refractivity contribution in [3.05, 3.63) is 99.8 Å². The summed E-state index contributed by atoms with van der Waals surface area (Å²) in [6.07, 6.45) is 0. The number of sulfonamides is 1. The van der Waals surface area contributed by atoms with Gasteiger partial charge in [0.1, 0.15) is 0 Å². The van der Waals surface area contributed by atoms with Gasteiger partial charge in [0.15, 0.2) is 11.5 Å². The monoisotopic (exact) mass is 536 g/mol. The lowest BCUT2D eigenvalue weighted by atomic mass is 10.1. The number of methoxy groups -OCH3 is 2. The Hall–Kier alpha value is -4.15. The molecule has 0 unspecified atom stereocenters. The number of hydrogen-bond acceptors (Lipinski definition) is 7. The Morgan fingerprint density at radius 1 is 0.895 bits per heavy atom. The number of esters is 1. The van der Waals surface area contributed by atoms with E-state index in [1.54, 1.807) is 25.1 Å².